The number of hydrogen-bond donors (Lipinski definition) is 1. The first-order valence-corrected chi connectivity index (χ1v) is 10.7. The topological polar surface area (TPSA) is 96.7 Å². The first-order chi connectivity index (χ1) is 16.2. The van der Waals surface area contributed by atoms with Crippen LogP contribution in [0, 0.1) is 5.82 Å². The number of para-hydroxylation sites is 1. The van der Waals surface area contributed by atoms with Crippen molar-refractivity contribution >= 4 is 16.9 Å². The highest BCUT2D eigenvalue weighted by Gasteiger charge is 2.23. The summed E-state index contributed by atoms with van der Waals surface area (Å²) in [5, 5.41) is 9.08. The Morgan fingerprint density at radius 2 is 1.85 bits per heavy atom. The van der Waals surface area contributed by atoms with E-state index in [1.807, 2.05) is 35.0 Å². The number of halogens is 1. The van der Waals surface area contributed by atoms with E-state index in [0.717, 1.165) is 35.1 Å². The smallest absolute Gasteiger partial charge is 0.148 e. The van der Waals surface area contributed by atoms with Gasteiger partial charge in [0.25, 0.3) is 0 Å². The molecule has 0 saturated heterocycles. The van der Waals surface area contributed by atoms with Gasteiger partial charge >= 0.3 is 0 Å². The Kier molecular flexibility index (Phi) is 4.53. The Balaban J connectivity index is 1.36. The average Bonchev–Trinajstić information content (AvgIpc) is 3.39. The summed E-state index contributed by atoms with van der Waals surface area (Å²) in [5.74, 6) is 0.901. The lowest BCUT2D eigenvalue weighted by Gasteiger charge is -2.05. The maximum atomic E-state index is 14.1. The van der Waals surface area contributed by atoms with Crippen LogP contribution in [-0.2, 0) is 6.54 Å². The molecule has 8 nitrogen and oxygen atoms in total. The average molecular weight is 441 g/mol. The molecular weight excluding hydrogens is 421 g/mol. The Labute approximate surface area is 188 Å². The van der Waals surface area contributed by atoms with Crippen molar-refractivity contribution < 1.29 is 9.13 Å². The fraction of sp³-hybridized carbons (Fsp3) is 0.167. The van der Waals surface area contributed by atoms with Crippen LogP contribution in [0.25, 0.3) is 27.8 Å². The Bertz CT molecular complexity index is 1450. The summed E-state index contributed by atoms with van der Waals surface area (Å²) in [7, 11) is 0. The Hall–Kier alpha value is -4.27. The molecule has 1 aliphatic carbocycles. The summed E-state index contributed by atoms with van der Waals surface area (Å²) in [6.07, 6.45) is 7.71. The predicted octanol–water partition coefficient (Wildman–Crippen LogP) is 3.99. The fourth-order valence-electron chi connectivity index (χ4n) is 3.88. The van der Waals surface area contributed by atoms with E-state index in [2.05, 4.69) is 20.3 Å². The van der Waals surface area contributed by atoms with Crippen molar-refractivity contribution in [3.8, 4) is 22.6 Å². The van der Waals surface area contributed by atoms with Gasteiger partial charge in [-0.15, -0.1) is 5.10 Å². The molecule has 2 aromatic carbocycles. The SMILES string of the molecule is Nc1ncnc2c1c(-c1ccc(OC3CC3)cc1)cn2Cc1cn(-c2ccccc2F)nn1. The third kappa shape index (κ3) is 3.67. The molecule has 1 saturated carbocycles. The molecule has 1 fully saturated rings. The van der Waals surface area contributed by atoms with Crippen molar-refractivity contribution in [3.63, 3.8) is 0 Å². The third-order valence-electron chi connectivity index (χ3n) is 5.65. The minimum atomic E-state index is -0.364. The van der Waals surface area contributed by atoms with Gasteiger partial charge in [0.2, 0.25) is 0 Å². The highest BCUT2D eigenvalue weighted by atomic mass is 19.1. The number of ether oxygens (including phenoxy) is 1. The number of rotatable bonds is 6. The van der Waals surface area contributed by atoms with Gasteiger partial charge < -0.3 is 15.0 Å². The molecule has 3 aromatic heterocycles. The molecule has 3 heterocycles. The second-order valence-electron chi connectivity index (χ2n) is 8.08. The summed E-state index contributed by atoms with van der Waals surface area (Å²) < 4.78 is 23.4. The first-order valence-electron chi connectivity index (χ1n) is 10.7. The van der Waals surface area contributed by atoms with Crippen LogP contribution in [0.4, 0.5) is 10.2 Å². The van der Waals surface area contributed by atoms with Gasteiger partial charge in [-0.3, -0.25) is 0 Å². The van der Waals surface area contributed by atoms with Crippen molar-refractivity contribution in [3.05, 3.63) is 78.8 Å². The lowest BCUT2D eigenvalue weighted by atomic mass is 10.1. The van der Waals surface area contributed by atoms with Crippen LogP contribution in [0.5, 0.6) is 5.75 Å². The van der Waals surface area contributed by atoms with Crippen molar-refractivity contribution in [1.29, 1.82) is 0 Å². The Morgan fingerprint density at radius 3 is 2.64 bits per heavy atom. The minimum Gasteiger partial charge on any atom is -0.490 e. The molecule has 164 valence electrons. The van der Waals surface area contributed by atoms with Crippen LogP contribution in [0.3, 0.4) is 0 Å². The van der Waals surface area contributed by atoms with Gasteiger partial charge in [0.05, 0.1) is 24.2 Å². The van der Waals surface area contributed by atoms with E-state index in [-0.39, 0.29) is 5.82 Å². The summed E-state index contributed by atoms with van der Waals surface area (Å²) in [6.45, 7) is 0.393. The molecule has 0 aliphatic heterocycles. The van der Waals surface area contributed by atoms with E-state index in [9.17, 15) is 4.39 Å². The first kappa shape index (κ1) is 19.4. The Morgan fingerprint density at radius 1 is 1.03 bits per heavy atom. The van der Waals surface area contributed by atoms with Crippen LogP contribution < -0.4 is 10.5 Å². The van der Waals surface area contributed by atoms with Gasteiger partial charge in [-0.05, 0) is 42.7 Å². The van der Waals surface area contributed by atoms with Crippen LogP contribution >= 0.6 is 0 Å². The second kappa shape index (κ2) is 7.70. The van der Waals surface area contributed by atoms with Gasteiger partial charge in [-0.2, -0.15) is 0 Å². The summed E-state index contributed by atoms with van der Waals surface area (Å²) in [4.78, 5) is 8.65. The number of nitrogens with two attached hydrogens (primary N) is 1. The molecule has 6 rings (SSSR count). The van der Waals surface area contributed by atoms with Gasteiger partial charge in [-0.1, -0.05) is 29.5 Å². The lowest BCUT2D eigenvalue weighted by molar-refractivity contribution is 0.303. The molecule has 9 heteroatoms. The summed E-state index contributed by atoms with van der Waals surface area (Å²) in [6, 6.07) is 14.4. The highest BCUT2D eigenvalue weighted by Crippen LogP contribution is 2.34. The minimum absolute atomic E-state index is 0.342. The monoisotopic (exact) mass is 441 g/mol. The van der Waals surface area contributed by atoms with Crippen molar-refractivity contribution in [2.75, 3.05) is 5.73 Å². The van der Waals surface area contributed by atoms with E-state index < -0.39 is 0 Å². The van der Waals surface area contributed by atoms with Crippen molar-refractivity contribution in [2.24, 2.45) is 0 Å². The quantitative estimate of drug-likeness (QED) is 0.428. The molecule has 2 N–H and O–H groups in total. The number of aromatic nitrogens is 6. The predicted molar refractivity (Wildman–Crippen MR) is 121 cm³/mol. The third-order valence-corrected chi connectivity index (χ3v) is 5.65. The maximum absolute atomic E-state index is 14.1. The zero-order valence-corrected chi connectivity index (χ0v) is 17.6. The normalized spacial score (nSPS) is 13.5. The number of fused-ring (bicyclic) bond motifs is 1. The van der Waals surface area contributed by atoms with E-state index in [1.54, 1.807) is 24.4 Å². The zero-order valence-electron chi connectivity index (χ0n) is 17.6. The number of nitrogens with zero attached hydrogens (tertiary/aromatic N) is 6. The van der Waals surface area contributed by atoms with E-state index in [1.165, 1.54) is 17.1 Å². The molecule has 5 aromatic rings. The summed E-state index contributed by atoms with van der Waals surface area (Å²) in [5.41, 5.74) is 9.84. The fourth-order valence-corrected chi connectivity index (χ4v) is 3.88. The molecule has 0 bridgehead atoms. The molecule has 1 aliphatic rings. The standard InChI is InChI=1S/C24H20FN7O/c25-20-3-1-2-4-21(20)32-12-16(29-30-32)11-31-13-19(22-23(26)27-14-28-24(22)31)15-5-7-17(8-6-15)33-18-9-10-18/h1-8,12-14,18H,9-11H2,(H2,26,27,28). The van der Waals surface area contributed by atoms with Crippen molar-refractivity contribution in [1.82, 2.24) is 29.5 Å². The molecule has 33 heavy (non-hydrogen) atoms. The van der Waals surface area contributed by atoms with Crippen LogP contribution in [-0.4, -0.2) is 35.6 Å². The number of nitrogen functional groups attached to an aromatic ring is 1. The number of benzene rings is 2. The molecule has 0 amide bonds. The number of hydrogen-bond acceptors (Lipinski definition) is 6. The lowest BCUT2D eigenvalue weighted by Crippen LogP contribution is -2.01. The van der Waals surface area contributed by atoms with Crippen LogP contribution in [0.2, 0.25) is 0 Å². The van der Waals surface area contributed by atoms with Crippen LogP contribution in [0.15, 0.2) is 67.3 Å². The zero-order chi connectivity index (χ0) is 22.4. The van der Waals surface area contributed by atoms with E-state index >= 15 is 0 Å². The molecule has 0 radical (unpaired) electrons. The molecule has 0 unspecified atom stereocenters. The van der Waals surface area contributed by atoms with Gasteiger partial charge in [0.1, 0.15) is 40.7 Å². The van der Waals surface area contributed by atoms with Crippen molar-refractivity contribution in [2.45, 2.75) is 25.5 Å². The van der Waals surface area contributed by atoms with Gasteiger partial charge in [-0.25, -0.2) is 19.0 Å². The highest BCUT2D eigenvalue weighted by molar-refractivity contribution is 6.00. The molecule has 0 spiro atoms. The largest absolute Gasteiger partial charge is 0.490 e. The van der Waals surface area contributed by atoms with Gasteiger partial charge in [0, 0.05) is 11.8 Å². The second-order valence-corrected chi connectivity index (χ2v) is 8.08. The van der Waals surface area contributed by atoms with E-state index in [0.29, 0.717) is 35.5 Å². The van der Waals surface area contributed by atoms with Crippen LogP contribution in [0.1, 0.15) is 18.5 Å². The summed E-state index contributed by atoms with van der Waals surface area (Å²) >= 11 is 0. The molecular formula is C24H20FN7O. The van der Waals surface area contributed by atoms with Gasteiger partial charge in [0.15, 0.2) is 0 Å². The van der Waals surface area contributed by atoms with E-state index in [4.69, 9.17) is 10.5 Å². The molecule has 0 atom stereocenters. The maximum Gasteiger partial charge on any atom is 0.148 e. The number of anilines is 1.